The van der Waals surface area contributed by atoms with E-state index in [1.165, 1.54) is 12.0 Å². The second kappa shape index (κ2) is 11.7. The molecule has 0 spiro atoms. The van der Waals surface area contributed by atoms with Crippen LogP contribution >= 0.6 is 0 Å². The number of methoxy groups -OCH3 is 1. The number of nitrogens with zero attached hydrogens (tertiary/aromatic N) is 1. The maximum Gasteiger partial charge on any atom is 0.295 e. The molecule has 0 radical (unpaired) electrons. The Balaban J connectivity index is 2.08. The quantitative estimate of drug-likeness (QED) is 0.296. The number of Topliss-reactive ketones (excluding diaryl/α,β-unsaturated/α-hetero) is 1. The van der Waals surface area contributed by atoms with Gasteiger partial charge in [-0.3, -0.25) is 9.59 Å². The highest BCUT2D eigenvalue weighted by Gasteiger charge is 2.46. The Morgan fingerprint density at radius 1 is 1.03 bits per heavy atom. The van der Waals surface area contributed by atoms with Crippen LogP contribution < -0.4 is 9.47 Å². The number of carbonyl (C=O) groups is 2. The number of ketones is 1. The summed E-state index contributed by atoms with van der Waals surface area (Å²) < 4.78 is 16.7. The van der Waals surface area contributed by atoms with E-state index in [0.717, 1.165) is 6.42 Å². The number of ether oxygens (including phenoxy) is 3. The third-order valence-electron chi connectivity index (χ3n) is 5.41. The molecular formula is C27H33NO6. The average Bonchev–Trinajstić information content (AvgIpc) is 3.09. The molecule has 1 N–H and O–H groups in total. The summed E-state index contributed by atoms with van der Waals surface area (Å²) in [5.74, 6) is -0.0713. The Bertz CT molecular complexity index is 1040. The molecule has 2 aromatic carbocycles. The van der Waals surface area contributed by atoms with Crippen molar-refractivity contribution in [3.05, 3.63) is 65.2 Å². The molecule has 0 saturated carbocycles. The van der Waals surface area contributed by atoms with Crippen molar-refractivity contribution >= 4 is 17.4 Å². The first-order chi connectivity index (χ1) is 16.4. The summed E-state index contributed by atoms with van der Waals surface area (Å²) in [5.41, 5.74) is 1.13. The van der Waals surface area contributed by atoms with Gasteiger partial charge in [0, 0.05) is 19.2 Å². The molecule has 0 aromatic heterocycles. The van der Waals surface area contributed by atoms with E-state index in [9.17, 15) is 14.7 Å². The lowest BCUT2D eigenvalue weighted by Crippen LogP contribution is -2.32. The molecule has 34 heavy (non-hydrogen) atoms. The molecule has 1 aliphatic rings. The van der Waals surface area contributed by atoms with Gasteiger partial charge in [-0.05, 0) is 42.2 Å². The number of carbonyl (C=O) groups excluding carboxylic acids is 2. The van der Waals surface area contributed by atoms with Crippen LogP contribution in [0.1, 0.15) is 44.4 Å². The Morgan fingerprint density at radius 2 is 1.74 bits per heavy atom. The van der Waals surface area contributed by atoms with Crippen molar-refractivity contribution < 1.29 is 28.9 Å². The lowest BCUT2D eigenvalue weighted by atomic mass is 9.95. The van der Waals surface area contributed by atoms with Crippen LogP contribution in [-0.2, 0) is 14.3 Å². The van der Waals surface area contributed by atoms with Crippen molar-refractivity contribution in [3.8, 4) is 11.5 Å². The van der Waals surface area contributed by atoms with E-state index in [1.54, 1.807) is 24.3 Å². The van der Waals surface area contributed by atoms with E-state index in [-0.39, 0.29) is 24.5 Å². The van der Waals surface area contributed by atoms with E-state index in [4.69, 9.17) is 14.2 Å². The van der Waals surface area contributed by atoms with Crippen molar-refractivity contribution in [3.63, 3.8) is 0 Å². The first-order valence-electron chi connectivity index (χ1n) is 11.6. The first kappa shape index (κ1) is 25.3. The third kappa shape index (κ3) is 5.78. The topological polar surface area (TPSA) is 85.3 Å². The van der Waals surface area contributed by atoms with Gasteiger partial charge in [0.2, 0.25) is 0 Å². The molecule has 3 rings (SSSR count). The van der Waals surface area contributed by atoms with Gasteiger partial charge in [0.15, 0.2) is 0 Å². The maximum atomic E-state index is 13.1. The third-order valence-corrected chi connectivity index (χ3v) is 5.41. The predicted molar refractivity (Wildman–Crippen MR) is 130 cm³/mol. The van der Waals surface area contributed by atoms with Crippen molar-refractivity contribution in [1.82, 2.24) is 4.90 Å². The van der Waals surface area contributed by atoms with Crippen LogP contribution in [0.15, 0.2) is 54.1 Å². The van der Waals surface area contributed by atoms with Crippen LogP contribution in [0.25, 0.3) is 5.76 Å². The van der Waals surface area contributed by atoms with E-state index >= 15 is 0 Å². The van der Waals surface area contributed by atoms with E-state index in [0.29, 0.717) is 41.8 Å². The molecule has 182 valence electrons. The molecule has 1 saturated heterocycles. The summed E-state index contributed by atoms with van der Waals surface area (Å²) in [7, 11) is 1.54. The lowest BCUT2D eigenvalue weighted by Gasteiger charge is -2.25. The number of hydrogen-bond acceptors (Lipinski definition) is 6. The molecular weight excluding hydrogens is 434 g/mol. The summed E-state index contributed by atoms with van der Waals surface area (Å²) in [4.78, 5) is 27.5. The van der Waals surface area contributed by atoms with Crippen LogP contribution in [0.4, 0.5) is 0 Å². The molecule has 1 unspecified atom stereocenters. The van der Waals surface area contributed by atoms with Crippen LogP contribution in [0.5, 0.6) is 11.5 Å². The summed E-state index contributed by atoms with van der Waals surface area (Å²) in [6, 6.07) is 13.4. The van der Waals surface area contributed by atoms with E-state index in [2.05, 4.69) is 13.8 Å². The van der Waals surface area contributed by atoms with Gasteiger partial charge >= 0.3 is 0 Å². The van der Waals surface area contributed by atoms with Crippen molar-refractivity contribution in [1.29, 1.82) is 0 Å². The summed E-state index contributed by atoms with van der Waals surface area (Å²) in [5, 5.41) is 11.2. The van der Waals surface area contributed by atoms with Gasteiger partial charge in [-0.25, -0.2) is 0 Å². The molecule has 1 fully saturated rings. The van der Waals surface area contributed by atoms with Crippen LogP contribution in [0, 0.1) is 5.92 Å². The van der Waals surface area contributed by atoms with E-state index in [1.807, 2.05) is 31.2 Å². The molecule has 7 nitrogen and oxygen atoms in total. The second-order valence-electron chi connectivity index (χ2n) is 8.64. The van der Waals surface area contributed by atoms with Crippen LogP contribution in [0.2, 0.25) is 0 Å². The number of benzene rings is 2. The number of aliphatic hydroxyl groups excluding tert-OH is 1. The van der Waals surface area contributed by atoms with Crippen molar-refractivity contribution in [2.75, 3.05) is 33.5 Å². The van der Waals surface area contributed by atoms with Gasteiger partial charge in [0.25, 0.3) is 11.7 Å². The minimum atomic E-state index is -0.766. The van der Waals surface area contributed by atoms with Crippen molar-refractivity contribution in [2.45, 2.75) is 33.2 Å². The van der Waals surface area contributed by atoms with Gasteiger partial charge in [0.1, 0.15) is 17.3 Å². The van der Waals surface area contributed by atoms with Gasteiger partial charge in [-0.1, -0.05) is 45.0 Å². The van der Waals surface area contributed by atoms with Gasteiger partial charge in [-0.15, -0.1) is 0 Å². The molecule has 0 aliphatic carbocycles. The fourth-order valence-corrected chi connectivity index (χ4v) is 3.79. The van der Waals surface area contributed by atoms with Gasteiger partial charge in [0.05, 0.1) is 31.4 Å². The number of aliphatic hydroxyl groups is 1. The summed E-state index contributed by atoms with van der Waals surface area (Å²) >= 11 is 0. The van der Waals surface area contributed by atoms with Gasteiger partial charge < -0.3 is 24.2 Å². The lowest BCUT2D eigenvalue weighted by molar-refractivity contribution is -0.140. The highest BCUT2D eigenvalue weighted by atomic mass is 16.5. The number of likely N-dealkylation sites (tertiary alicyclic amines) is 1. The minimum Gasteiger partial charge on any atom is -0.507 e. The summed E-state index contributed by atoms with van der Waals surface area (Å²) in [6.07, 6.45) is 0.843. The smallest absolute Gasteiger partial charge is 0.295 e. The maximum absolute atomic E-state index is 13.1. The number of rotatable bonds is 11. The minimum absolute atomic E-state index is 0.0368. The zero-order valence-electron chi connectivity index (χ0n) is 20.2. The Hall–Kier alpha value is -3.32. The van der Waals surface area contributed by atoms with E-state index < -0.39 is 17.7 Å². The molecule has 1 atom stereocenters. The normalized spacial score (nSPS) is 17.4. The summed E-state index contributed by atoms with van der Waals surface area (Å²) in [6.45, 7) is 7.66. The standard InChI is InChI=1S/C27H33NO6/c1-5-13-33-21-10-7-9-20(16-21)25(29)23-24(28(12-14-32-4)27(31)26(23)30)19-8-6-11-22(15-19)34-17-18(2)3/h6-11,15-16,18,24,29H,5,12-14,17H2,1-4H3/b25-23-. The predicted octanol–water partition coefficient (Wildman–Crippen LogP) is 4.58. The largest absolute Gasteiger partial charge is 0.507 e. The monoisotopic (exact) mass is 467 g/mol. The molecule has 7 heteroatoms. The Labute approximate surface area is 200 Å². The highest BCUT2D eigenvalue weighted by molar-refractivity contribution is 6.46. The zero-order valence-corrected chi connectivity index (χ0v) is 20.2. The average molecular weight is 468 g/mol. The first-order valence-corrected chi connectivity index (χ1v) is 11.6. The van der Waals surface area contributed by atoms with Crippen molar-refractivity contribution in [2.24, 2.45) is 5.92 Å². The highest BCUT2D eigenvalue weighted by Crippen LogP contribution is 2.40. The number of hydrogen-bond donors (Lipinski definition) is 1. The molecule has 1 heterocycles. The second-order valence-corrected chi connectivity index (χ2v) is 8.64. The zero-order chi connectivity index (χ0) is 24.7. The van der Waals surface area contributed by atoms with Crippen LogP contribution in [-0.4, -0.2) is 55.2 Å². The molecule has 1 amide bonds. The molecule has 2 aromatic rings. The molecule has 1 aliphatic heterocycles. The fraction of sp³-hybridized carbons (Fsp3) is 0.407. The fourth-order valence-electron chi connectivity index (χ4n) is 3.79. The van der Waals surface area contributed by atoms with Gasteiger partial charge in [-0.2, -0.15) is 0 Å². The SMILES string of the molecule is CCCOc1cccc(/C(O)=C2/C(=O)C(=O)N(CCOC)C2c2cccc(OCC(C)C)c2)c1. The van der Waals surface area contributed by atoms with Crippen LogP contribution in [0.3, 0.4) is 0 Å². The molecule has 0 bridgehead atoms. The Morgan fingerprint density at radius 3 is 2.41 bits per heavy atom. The number of amides is 1. The Kier molecular flexibility index (Phi) is 8.71.